The maximum atomic E-state index is 10.9. The first-order chi connectivity index (χ1) is 11.7. The number of pyridine rings is 1. The van der Waals surface area contributed by atoms with Gasteiger partial charge in [-0.15, -0.1) is 0 Å². The molecule has 2 aromatic rings. The summed E-state index contributed by atoms with van der Waals surface area (Å²) in [5.74, 6) is -0.961. The van der Waals surface area contributed by atoms with Crippen molar-refractivity contribution >= 4 is 11.7 Å². The molecule has 0 amide bonds. The van der Waals surface area contributed by atoms with Crippen LogP contribution in [0.5, 0.6) is 0 Å². The van der Waals surface area contributed by atoms with Gasteiger partial charge < -0.3 is 5.11 Å². The van der Waals surface area contributed by atoms with Crippen molar-refractivity contribution in [3.05, 3.63) is 76.6 Å². The second-order valence-corrected chi connectivity index (χ2v) is 6.11. The summed E-state index contributed by atoms with van der Waals surface area (Å²) in [5, 5.41) is 8.98. The van der Waals surface area contributed by atoms with Crippen LogP contribution in [0.3, 0.4) is 0 Å². The summed E-state index contributed by atoms with van der Waals surface area (Å²) in [6.07, 6.45) is 1.40. The highest BCUT2D eigenvalue weighted by molar-refractivity contribution is 6.14. The zero-order chi connectivity index (χ0) is 16.5. The van der Waals surface area contributed by atoms with E-state index in [0.717, 1.165) is 37.6 Å². The summed E-state index contributed by atoms with van der Waals surface area (Å²) in [6, 6.07) is 13.8. The van der Waals surface area contributed by atoms with Gasteiger partial charge in [-0.1, -0.05) is 30.3 Å². The van der Waals surface area contributed by atoms with Crippen LogP contribution < -0.4 is 0 Å². The van der Waals surface area contributed by atoms with Crippen LogP contribution in [0.2, 0.25) is 0 Å². The van der Waals surface area contributed by atoms with Crippen molar-refractivity contribution in [2.45, 2.75) is 6.54 Å². The number of carboxylic acid groups (broad SMARTS) is 1. The molecule has 0 saturated carbocycles. The fourth-order valence-corrected chi connectivity index (χ4v) is 3.26. The lowest BCUT2D eigenvalue weighted by molar-refractivity contribution is 0.0696. The predicted molar refractivity (Wildman–Crippen MR) is 91.3 cm³/mol. The van der Waals surface area contributed by atoms with Gasteiger partial charge in [0, 0.05) is 25.8 Å². The Kier molecular flexibility index (Phi) is 3.70. The van der Waals surface area contributed by atoms with E-state index in [2.05, 4.69) is 39.1 Å². The number of rotatable bonds is 4. The molecule has 3 heterocycles. The van der Waals surface area contributed by atoms with Gasteiger partial charge in [-0.25, -0.2) is 4.79 Å². The van der Waals surface area contributed by atoms with Crippen LogP contribution in [-0.4, -0.2) is 46.3 Å². The SMILES string of the molecule is O=C(O)c1ccc(C2=NCC3=C2CN(Cc2ccccc2)C3)nc1. The topological polar surface area (TPSA) is 65.8 Å². The number of carbonyl (C=O) groups is 1. The minimum atomic E-state index is -0.961. The molecule has 4 rings (SSSR count). The van der Waals surface area contributed by atoms with E-state index in [4.69, 9.17) is 5.11 Å². The van der Waals surface area contributed by atoms with E-state index in [1.165, 1.54) is 22.9 Å². The Morgan fingerprint density at radius 1 is 1.12 bits per heavy atom. The number of hydrogen-bond donors (Lipinski definition) is 1. The molecule has 0 fully saturated rings. The van der Waals surface area contributed by atoms with Crippen LogP contribution in [0.15, 0.2) is 64.8 Å². The summed E-state index contributed by atoms with van der Waals surface area (Å²) in [6.45, 7) is 3.45. The van der Waals surface area contributed by atoms with Gasteiger partial charge in [0.1, 0.15) is 0 Å². The first-order valence-corrected chi connectivity index (χ1v) is 7.92. The van der Waals surface area contributed by atoms with Crippen LogP contribution in [0.4, 0.5) is 0 Å². The largest absolute Gasteiger partial charge is 0.478 e. The van der Waals surface area contributed by atoms with Crippen LogP contribution in [0.25, 0.3) is 0 Å². The predicted octanol–water partition coefficient (Wildman–Crippen LogP) is 2.39. The number of benzene rings is 1. The first-order valence-electron chi connectivity index (χ1n) is 7.92. The molecule has 120 valence electrons. The maximum Gasteiger partial charge on any atom is 0.337 e. The molecule has 0 spiro atoms. The summed E-state index contributed by atoms with van der Waals surface area (Å²) in [4.78, 5) is 22.2. The lowest BCUT2D eigenvalue weighted by Crippen LogP contribution is -2.23. The molecule has 0 radical (unpaired) electrons. The van der Waals surface area contributed by atoms with Crippen molar-refractivity contribution in [2.24, 2.45) is 4.99 Å². The fraction of sp³-hybridized carbons (Fsp3) is 0.211. The highest BCUT2D eigenvalue weighted by Gasteiger charge is 2.30. The number of nitrogens with zero attached hydrogens (tertiary/aromatic N) is 3. The molecular formula is C19H17N3O2. The van der Waals surface area contributed by atoms with E-state index >= 15 is 0 Å². The fourth-order valence-electron chi connectivity index (χ4n) is 3.26. The first kappa shape index (κ1) is 14.8. The number of aromatic nitrogens is 1. The summed E-state index contributed by atoms with van der Waals surface area (Å²) in [7, 11) is 0. The summed E-state index contributed by atoms with van der Waals surface area (Å²) in [5.41, 5.74) is 5.78. The van der Waals surface area contributed by atoms with E-state index in [0.29, 0.717) is 0 Å². The Labute approximate surface area is 140 Å². The minimum Gasteiger partial charge on any atom is -0.478 e. The minimum absolute atomic E-state index is 0.198. The second-order valence-electron chi connectivity index (χ2n) is 6.11. The Hall–Kier alpha value is -2.79. The molecule has 5 nitrogen and oxygen atoms in total. The van der Waals surface area contributed by atoms with E-state index < -0.39 is 5.97 Å². The third-order valence-corrected chi connectivity index (χ3v) is 4.44. The standard InChI is InChI=1S/C19H17N3O2/c23-19(24)14-6-7-17(20-8-14)18-16-12-22(11-15(16)9-21-18)10-13-4-2-1-3-5-13/h1-8H,9-12H2,(H,23,24). The monoisotopic (exact) mass is 319 g/mol. The van der Waals surface area contributed by atoms with Gasteiger partial charge in [-0.3, -0.25) is 14.9 Å². The highest BCUT2D eigenvalue weighted by Crippen LogP contribution is 2.28. The van der Waals surface area contributed by atoms with Gasteiger partial charge in [0.15, 0.2) is 0 Å². The van der Waals surface area contributed by atoms with Crippen LogP contribution >= 0.6 is 0 Å². The van der Waals surface area contributed by atoms with E-state index in [-0.39, 0.29) is 5.56 Å². The zero-order valence-corrected chi connectivity index (χ0v) is 13.1. The molecule has 1 aromatic heterocycles. The van der Waals surface area contributed by atoms with Crippen LogP contribution in [0.1, 0.15) is 21.6 Å². The van der Waals surface area contributed by atoms with E-state index in [9.17, 15) is 4.79 Å². The molecule has 0 aliphatic carbocycles. The Morgan fingerprint density at radius 3 is 2.67 bits per heavy atom. The number of aromatic carboxylic acids is 1. The van der Waals surface area contributed by atoms with Crippen LogP contribution in [-0.2, 0) is 6.54 Å². The normalized spacial score (nSPS) is 17.1. The highest BCUT2D eigenvalue weighted by atomic mass is 16.4. The number of carboxylic acids is 1. The van der Waals surface area contributed by atoms with Gasteiger partial charge in [0.2, 0.25) is 0 Å². The summed E-state index contributed by atoms with van der Waals surface area (Å²) >= 11 is 0. The third kappa shape index (κ3) is 2.74. The molecule has 0 saturated heterocycles. The Morgan fingerprint density at radius 2 is 1.96 bits per heavy atom. The summed E-state index contributed by atoms with van der Waals surface area (Å²) < 4.78 is 0. The third-order valence-electron chi connectivity index (χ3n) is 4.44. The molecule has 2 aliphatic heterocycles. The average Bonchev–Trinajstić information content (AvgIpc) is 3.16. The lowest BCUT2D eigenvalue weighted by atomic mass is 10.1. The van der Waals surface area contributed by atoms with E-state index in [1.54, 1.807) is 12.1 Å². The van der Waals surface area contributed by atoms with Crippen LogP contribution in [0, 0.1) is 0 Å². The second kappa shape index (κ2) is 6.02. The van der Waals surface area contributed by atoms with Gasteiger partial charge >= 0.3 is 5.97 Å². The van der Waals surface area contributed by atoms with Gasteiger partial charge in [-0.05, 0) is 28.8 Å². The number of aliphatic imine (C=N–C) groups is 1. The van der Waals surface area contributed by atoms with Gasteiger partial charge in [0.25, 0.3) is 0 Å². The van der Waals surface area contributed by atoms with Crippen molar-refractivity contribution < 1.29 is 9.90 Å². The smallest absolute Gasteiger partial charge is 0.337 e. The van der Waals surface area contributed by atoms with Crippen molar-refractivity contribution in [2.75, 3.05) is 19.6 Å². The molecule has 2 aliphatic rings. The lowest BCUT2D eigenvalue weighted by Gasteiger charge is -2.17. The molecule has 0 unspecified atom stereocenters. The van der Waals surface area contributed by atoms with Crippen molar-refractivity contribution in [1.82, 2.24) is 9.88 Å². The maximum absolute atomic E-state index is 10.9. The molecule has 5 heteroatoms. The van der Waals surface area contributed by atoms with Crippen molar-refractivity contribution in [1.29, 1.82) is 0 Å². The average molecular weight is 319 g/mol. The molecule has 1 N–H and O–H groups in total. The van der Waals surface area contributed by atoms with Gasteiger partial charge in [-0.2, -0.15) is 0 Å². The quantitative estimate of drug-likeness (QED) is 0.940. The molecule has 1 aromatic carbocycles. The van der Waals surface area contributed by atoms with Crippen molar-refractivity contribution in [3.63, 3.8) is 0 Å². The molecule has 0 bridgehead atoms. The molecule has 24 heavy (non-hydrogen) atoms. The van der Waals surface area contributed by atoms with E-state index in [1.807, 2.05) is 6.07 Å². The molecule has 0 atom stereocenters. The Balaban J connectivity index is 1.49. The van der Waals surface area contributed by atoms with Gasteiger partial charge in [0.05, 0.1) is 23.5 Å². The molecular weight excluding hydrogens is 302 g/mol. The zero-order valence-electron chi connectivity index (χ0n) is 13.1. The Bertz CT molecular complexity index is 839. The van der Waals surface area contributed by atoms with Crippen molar-refractivity contribution in [3.8, 4) is 0 Å². The number of hydrogen-bond acceptors (Lipinski definition) is 4.